The molecule has 1 aliphatic rings. The third-order valence-corrected chi connectivity index (χ3v) is 4.03. The van der Waals surface area contributed by atoms with Crippen LogP contribution >= 0.6 is 11.6 Å². The molecule has 0 aromatic heterocycles. The Kier molecular flexibility index (Phi) is 3.58. The second kappa shape index (κ2) is 4.99. The number of hydrogen-bond donors (Lipinski definition) is 1. The number of nitrogens with zero attached hydrogens (tertiary/aromatic N) is 1. The van der Waals surface area contributed by atoms with E-state index in [1.54, 1.807) is 18.2 Å². The number of nitriles is 1. The van der Waals surface area contributed by atoms with Crippen LogP contribution < -0.4 is 5.32 Å². The lowest BCUT2D eigenvalue weighted by Crippen LogP contribution is -2.32. The van der Waals surface area contributed by atoms with Gasteiger partial charge in [0.25, 0.3) is 0 Å². The van der Waals surface area contributed by atoms with E-state index in [9.17, 15) is 10.1 Å². The summed E-state index contributed by atoms with van der Waals surface area (Å²) in [6.07, 6.45) is 3.18. The number of halogens is 1. The third kappa shape index (κ3) is 2.21. The van der Waals surface area contributed by atoms with Crippen molar-refractivity contribution >= 4 is 23.2 Å². The molecular formula is C14H15ClN2O. The highest BCUT2D eigenvalue weighted by molar-refractivity contribution is 6.31. The van der Waals surface area contributed by atoms with Crippen LogP contribution in [-0.4, -0.2) is 5.91 Å². The van der Waals surface area contributed by atoms with Crippen molar-refractivity contribution < 1.29 is 4.79 Å². The lowest BCUT2D eigenvalue weighted by atomic mass is 9.87. The first-order valence-electron chi connectivity index (χ1n) is 6.07. The lowest BCUT2D eigenvalue weighted by molar-refractivity contribution is -0.122. The van der Waals surface area contributed by atoms with Crippen LogP contribution in [0.3, 0.4) is 0 Å². The Morgan fingerprint density at radius 1 is 1.44 bits per heavy atom. The van der Waals surface area contributed by atoms with Crippen molar-refractivity contribution in [3.8, 4) is 6.07 Å². The Hall–Kier alpha value is -1.53. The minimum atomic E-state index is -0.852. The van der Waals surface area contributed by atoms with Gasteiger partial charge >= 0.3 is 0 Å². The molecule has 1 amide bonds. The number of nitrogens with one attached hydrogen (secondary N) is 1. The minimum absolute atomic E-state index is 0.201. The molecule has 94 valence electrons. The molecule has 18 heavy (non-hydrogen) atoms. The van der Waals surface area contributed by atoms with Crippen molar-refractivity contribution in [2.75, 3.05) is 5.32 Å². The Morgan fingerprint density at radius 3 is 2.72 bits per heavy atom. The first kappa shape index (κ1) is 12.9. The number of anilines is 1. The number of hydrogen-bond acceptors (Lipinski definition) is 2. The van der Waals surface area contributed by atoms with Crippen LogP contribution in [0.2, 0.25) is 5.02 Å². The molecule has 4 heteroatoms. The summed E-state index contributed by atoms with van der Waals surface area (Å²) >= 11 is 6.01. The zero-order chi connectivity index (χ0) is 13.2. The molecular weight excluding hydrogens is 248 g/mol. The molecule has 0 radical (unpaired) electrons. The van der Waals surface area contributed by atoms with Gasteiger partial charge in [0.2, 0.25) is 5.91 Å². The van der Waals surface area contributed by atoms with E-state index in [1.165, 1.54) is 0 Å². The highest BCUT2D eigenvalue weighted by Gasteiger charge is 2.41. The van der Waals surface area contributed by atoms with Gasteiger partial charge in [-0.3, -0.25) is 4.79 Å². The summed E-state index contributed by atoms with van der Waals surface area (Å²) in [5, 5.41) is 12.7. The molecule has 3 nitrogen and oxygen atoms in total. The fourth-order valence-corrected chi connectivity index (χ4v) is 2.53. The minimum Gasteiger partial charge on any atom is -0.324 e. The molecule has 1 N–H and O–H groups in total. The summed E-state index contributed by atoms with van der Waals surface area (Å²) in [6, 6.07) is 7.56. The Balaban J connectivity index is 2.22. The average molecular weight is 263 g/mol. The van der Waals surface area contributed by atoms with E-state index in [0.29, 0.717) is 23.6 Å². The van der Waals surface area contributed by atoms with Gasteiger partial charge in [0.15, 0.2) is 0 Å². The van der Waals surface area contributed by atoms with E-state index in [2.05, 4.69) is 11.4 Å². The summed E-state index contributed by atoms with van der Waals surface area (Å²) in [5.41, 5.74) is 0.669. The standard InChI is InChI=1S/C14H15ClN2O/c1-10-11(15)5-4-6-12(10)17-13(18)14(9-16)7-2-3-8-14/h4-6H,2-3,7-8H2,1H3,(H,17,18). The maximum absolute atomic E-state index is 12.3. The first-order chi connectivity index (χ1) is 8.59. The normalized spacial score (nSPS) is 17.2. The monoisotopic (exact) mass is 262 g/mol. The van der Waals surface area contributed by atoms with Crippen molar-refractivity contribution in [2.45, 2.75) is 32.6 Å². The quantitative estimate of drug-likeness (QED) is 0.884. The fraction of sp³-hybridized carbons (Fsp3) is 0.429. The maximum Gasteiger partial charge on any atom is 0.244 e. The molecule has 1 fully saturated rings. The highest BCUT2D eigenvalue weighted by Crippen LogP contribution is 2.38. The third-order valence-electron chi connectivity index (χ3n) is 3.62. The average Bonchev–Trinajstić information content (AvgIpc) is 2.85. The molecule has 1 aromatic rings. The SMILES string of the molecule is Cc1c(Cl)cccc1NC(=O)C1(C#N)CCCC1. The first-order valence-corrected chi connectivity index (χ1v) is 6.45. The van der Waals surface area contributed by atoms with Gasteiger partial charge in [-0.05, 0) is 37.5 Å². The van der Waals surface area contributed by atoms with Crippen LogP contribution in [0.1, 0.15) is 31.2 Å². The van der Waals surface area contributed by atoms with Gasteiger partial charge in [-0.2, -0.15) is 5.26 Å². The van der Waals surface area contributed by atoms with E-state index >= 15 is 0 Å². The second-order valence-electron chi connectivity index (χ2n) is 4.77. The molecule has 0 saturated heterocycles. The molecule has 1 saturated carbocycles. The van der Waals surface area contributed by atoms with E-state index < -0.39 is 5.41 Å². The molecule has 1 aliphatic carbocycles. The lowest BCUT2D eigenvalue weighted by Gasteiger charge is -2.20. The molecule has 0 unspecified atom stereocenters. The van der Waals surface area contributed by atoms with E-state index in [0.717, 1.165) is 18.4 Å². The summed E-state index contributed by atoms with van der Waals surface area (Å²) in [7, 11) is 0. The number of amides is 1. The van der Waals surface area contributed by atoms with Gasteiger partial charge in [0, 0.05) is 10.7 Å². The van der Waals surface area contributed by atoms with Gasteiger partial charge in [0.1, 0.15) is 5.41 Å². The van der Waals surface area contributed by atoms with Crippen LogP contribution in [0.15, 0.2) is 18.2 Å². The largest absolute Gasteiger partial charge is 0.324 e. The van der Waals surface area contributed by atoms with Gasteiger partial charge < -0.3 is 5.32 Å². The Bertz CT molecular complexity index is 513. The van der Waals surface area contributed by atoms with Crippen LogP contribution in [0.25, 0.3) is 0 Å². The fourth-order valence-electron chi connectivity index (χ4n) is 2.35. The number of benzene rings is 1. The van der Waals surface area contributed by atoms with Crippen LogP contribution in [0.4, 0.5) is 5.69 Å². The summed E-state index contributed by atoms with van der Waals surface area (Å²) in [5.74, 6) is -0.201. The molecule has 0 atom stereocenters. The number of rotatable bonds is 2. The van der Waals surface area contributed by atoms with E-state index in [-0.39, 0.29) is 5.91 Å². The number of carbonyl (C=O) groups excluding carboxylic acids is 1. The number of carbonyl (C=O) groups is 1. The van der Waals surface area contributed by atoms with Crippen molar-refractivity contribution in [3.05, 3.63) is 28.8 Å². The maximum atomic E-state index is 12.3. The second-order valence-corrected chi connectivity index (χ2v) is 5.17. The molecule has 1 aromatic carbocycles. The van der Waals surface area contributed by atoms with Gasteiger partial charge in [0.05, 0.1) is 6.07 Å². The summed E-state index contributed by atoms with van der Waals surface area (Å²) < 4.78 is 0. The van der Waals surface area contributed by atoms with E-state index in [4.69, 9.17) is 11.6 Å². The van der Waals surface area contributed by atoms with Crippen molar-refractivity contribution in [1.82, 2.24) is 0 Å². The molecule has 0 heterocycles. The Morgan fingerprint density at radius 2 is 2.11 bits per heavy atom. The summed E-state index contributed by atoms with van der Waals surface area (Å²) in [6.45, 7) is 1.85. The van der Waals surface area contributed by atoms with Gasteiger partial charge in [-0.15, -0.1) is 0 Å². The topological polar surface area (TPSA) is 52.9 Å². The van der Waals surface area contributed by atoms with Crippen molar-refractivity contribution in [1.29, 1.82) is 5.26 Å². The molecule has 0 aliphatic heterocycles. The van der Waals surface area contributed by atoms with Crippen LogP contribution in [0.5, 0.6) is 0 Å². The van der Waals surface area contributed by atoms with Crippen molar-refractivity contribution in [2.24, 2.45) is 5.41 Å². The highest BCUT2D eigenvalue weighted by atomic mass is 35.5. The van der Waals surface area contributed by atoms with Crippen LogP contribution in [-0.2, 0) is 4.79 Å². The van der Waals surface area contributed by atoms with Crippen molar-refractivity contribution in [3.63, 3.8) is 0 Å². The Labute approximate surface area is 112 Å². The van der Waals surface area contributed by atoms with Crippen LogP contribution in [0, 0.1) is 23.7 Å². The molecule has 2 rings (SSSR count). The summed E-state index contributed by atoms with van der Waals surface area (Å²) in [4.78, 5) is 12.3. The van der Waals surface area contributed by atoms with Gasteiger partial charge in [-0.1, -0.05) is 30.5 Å². The predicted octanol–water partition coefficient (Wildman–Crippen LogP) is 3.67. The zero-order valence-corrected chi connectivity index (χ0v) is 11.0. The molecule has 0 bridgehead atoms. The predicted molar refractivity (Wildman–Crippen MR) is 71.3 cm³/mol. The molecule has 0 spiro atoms. The van der Waals surface area contributed by atoms with E-state index in [1.807, 2.05) is 6.92 Å². The van der Waals surface area contributed by atoms with Gasteiger partial charge in [-0.25, -0.2) is 0 Å². The smallest absolute Gasteiger partial charge is 0.244 e. The zero-order valence-electron chi connectivity index (χ0n) is 10.3.